The van der Waals surface area contributed by atoms with Gasteiger partial charge in [-0.15, -0.1) is 6.58 Å². The number of hydrogen-bond acceptors (Lipinski definition) is 10. The molecule has 15 heteroatoms. The number of carbonyl (C=O) groups excluding carboxylic acids is 4. The second kappa shape index (κ2) is 15.8. The van der Waals surface area contributed by atoms with E-state index < -0.39 is 79.7 Å². The molecule has 0 spiro atoms. The molecule has 4 fully saturated rings. The van der Waals surface area contributed by atoms with Crippen molar-refractivity contribution in [2.24, 2.45) is 17.8 Å². The van der Waals surface area contributed by atoms with Crippen LogP contribution >= 0.6 is 0 Å². The van der Waals surface area contributed by atoms with Crippen LogP contribution in [-0.4, -0.2) is 89.8 Å². The van der Waals surface area contributed by atoms with Crippen molar-refractivity contribution in [1.29, 1.82) is 0 Å². The molecule has 0 radical (unpaired) electrons. The molecule has 5 unspecified atom stereocenters. The number of carbonyl (C=O) groups is 4. The predicted octanol–water partition coefficient (Wildman–Crippen LogP) is 5.65. The van der Waals surface area contributed by atoms with Crippen LogP contribution in [0.1, 0.15) is 79.6 Å². The maximum Gasteiger partial charge on any atom is 0.408 e. The average molecular weight is 830 g/mol. The third kappa shape index (κ3) is 8.90. The van der Waals surface area contributed by atoms with Crippen molar-refractivity contribution in [3.05, 3.63) is 67.3 Å². The standard InChI is InChI=1S/C44H55N5O9S/c1-8-29-24-44(29,40(52)48-59(54,55)43(18-19-43)23-27-14-15-27)47-38(50)35-21-31(25-49(35)39(51)37(26(2)3)46-41(53)58-42(4,5)6)57-36-22-33(28-12-10-9-11-13-28)45-34-20-30(56-7)16-17-32(34)36/h8-13,16-17,20,22,26-27,29,31,35,37H,1,14-15,18-19,21,23-25H2,2-7H3,(H,46,53)(H,47,50)(H,48,52). The van der Waals surface area contributed by atoms with Crippen LogP contribution in [0.25, 0.3) is 22.2 Å². The van der Waals surface area contributed by atoms with E-state index >= 15 is 0 Å². The Morgan fingerprint density at radius 3 is 2.36 bits per heavy atom. The maximum absolute atomic E-state index is 14.6. The Hall–Kier alpha value is -5.18. The SMILES string of the molecule is C=CC1CC1(NC(=O)C1CC(Oc2cc(-c3ccccc3)nc3cc(OC)ccc23)CN1C(=O)C(NC(=O)OC(C)(C)C)C(C)C)C(=O)NS(=O)(=O)C1(CC2CC2)CC1. The van der Waals surface area contributed by atoms with Crippen molar-refractivity contribution in [3.63, 3.8) is 0 Å². The summed E-state index contributed by atoms with van der Waals surface area (Å²) in [5.74, 6) is -1.55. The molecule has 3 aliphatic carbocycles. The largest absolute Gasteiger partial charge is 0.497 e. The average Bonchev–Trinajstić information content (AvgIpc) is 4.13. The van der Waals surface area contributed by atoms with Crippen LogP contribution in [-0.2, 0) is 29.1 Å². The van der Waals surface area contributed by atoms with Crippen molar-refractivity contribution in [1.82, 2.24) is 25.2 Å². The van der Waals surface area contributed by atoms with Crippen LogP contribution in [0.15, 0.2) is 67.3 Å². The first-order chi connectivity index (χ1) is 27.9. The number of aromatic nitrogens is 1. The molecule has 1 aliphatic heterocycles. The minimum Gasteiger partial charge on any atom is -0.497 e. The Morgan fingerprint density at radius 1 is 1.05 bits per heavy atom. The number of likely N-dealkylation sites (tertiary alicyclic amines) is 1. The highest BCUT2D eigenvalue weighted by molar-refractivity contribution is 7.91. The third-order valence-electron chi connectivity index (χ3n) is 11.8. The van der Waals surface area contributed by atoms with Crippen molar-refractivity contribution in [3.8, 4) is 22.8 Å². The fourth-order valence-electron chi connectivity index (χ4n) is 8.07. The van der Waals surface area contributed by atoms with Crippen LogP contribution in [0, 0.1) is 17.8 Å². The summed E-state index contributed by atoms with van der Waals surface area (Å²) in [6, 6.07) is 14.6. The van der Waals surface area contributed by atoms with Crippen molar-refractivity contribution >= 4 is 44.7 Å². The fraction of sp³-hybridized carbons (Fsp3) is 0.523. The molecule has 316 valence electrons. The van der Waals surface area contributed by atoms with Crippen molar-refractivity contribution in [2.45, 2.75) is 114 Å². The van der Waals surface area contributed by atoms with Crippen LogP contribution in [0.4, 0.5) is 4.79 Å². The number of nitrogens with zero attached hydrogens (tertiary/aromatic N) is 2. The van der Waals surface area contributed by atoms with E-state index in [9.17, 15) is 27.6 Å². The first kappa shape index (κ1) is 42.0. The summed E-state index contributed by atoms with van der Waals surface area (Å²) >= 11 is 0. The van der Waals surface area contributed by atoms with E-state index in [1.807, 2.05) is 42.5 Å². The molecule has 3 saturated carbocycles. The highest BCUT2D eigenvalue weighted by atomic mass is 32.2. The number of amides is 4. The van der Waals surface area contributed by atoms with Gasteiger partial charge in [0.1, 0.15) is 40.8 Å². The second-order valence-corrected chi connectivity index (χ2v) is 20.0. The number of methoxy groups -OCH3 is 1. The molecule has 4 amide bonds. The van der Waals surface area contributed by atoms with Gasteiger partial charge in [0, 0.05) is 35.4 Å². The van der Waals surface area contributed by atoms with Crippen LogP contribution in [0.2, 0.25) is 0 Å². The first-order valence-corrected chi connectivity index (χ1v) is 21.9. The van der Waals surface area contributed by atoms with Gasteiger partial charge in [0.25, 0.3) is 5.91 Å². The summed E-state index contributed by atoms with van der Waals surface area (Å²) < 4.78 is 46.3. The normalized spacial score (nSPS) is 23.8. The Morgan fingerprint density at radius 2 is 1.76 bits per heavy atom. The molecule has 5 atom stereocenters. The predicted molar refractivity (Wildman–Crippen MR) is 222 cm³/mol. The van der Waals surface area contributed by atoms with E-state index in [0.29, 0.717) is 53.3 Å². The highest BCUT2D eigenvalue weighted by Gasteiger charge is 2.64. The molecule has 3 aromatic rings. The summed E-state index contributed by atoms with van der Waals surface area (Å²) in [4.78, 5) is 62.4. The Labute approximate surface area is 345 Å². The first-order valence-electron chi connectivity index (χ1n) is 20.4. The number of benzene rings is 2. The molecule has 4 aliphatic rings. The number of hydrogen-bond donors (Lipinski definition) is 3. The number of alkyl carbamates (subject to hydrolysis) is 1. The minimum atomic E-state index is -4.03. The van der Waals surface area contributed by atoms with Gasteiger partial charge < -0.3 is 29.7 Å². The number of fused-ring (bicyclic) bond motifs is 1. The molecule has 1 saturated heterocycles. The maximum atomic E-state index is 14.6. The molecule has 59 heavy (non-hydrogen) atoms. The monoisotopic (exact) mass is 829 g/mol. The lowest BCUT2D eigenvalue weighted by Gasteiger charge is -2.31. The van der Waals surface area contributed by atoms with E-state index in [4.69, 9.17) is 19.2 Å². The fourth-order valence-corrected chi connectivity index (χ4v) is 9.80. The summed E-state index contributed by atoms with van der Waals surface area (Å²) in [5, 5.41) is 6.25. The zero-order chi connectivity index (χ0) is 42.5. The van der Waals surface area contributed by atoms with E-state index in [1.165, 1.54) is 11.0 Å². The summed E-state index contributed by atoms with van der Waals surface area (Å²) in [6.07, 6.45) is 3.63. The molecule has 7 rings (SSSR count). The molecule has 3 N–H and O–H groups in total. The van der Waals surface area contributed by atoms with Gasteiger partial charge in [-0.05, 0) is 70.4 Å². The van der Waals surface area contributed by atoms with E-state index in [0.717, 1.165) is 18.4 Å². The zero-order valence-electron chi connectivity index (χ0n) is 34.6. The molecule has 0 bridgehead atoms. The van der Waals surface area contributed by atoms with Gasteiger partial charge >= 0.3 is 6.09 Å². The van der Waals surface area contributed by atoms with Gasteiger partial charge in [-0.3, -0.25) is 19.1 Å². The van der Waals surface area contributed by atoms with Gasteiger partial charge in [-0.25, -0.2) is 18.2 Å². The van der Waals surface area contributed by atoms with Gasteiger partial charge in [-0.2, -0.15) is 0 Å². The molecular formula is C44H55N5O9S. The lowest BCUT2D eigenvalue weighted by atomic mass is 10.0. The van der Waals surface area contributed by atoms with Gasteiger partial charge in [0.15, 0.2) is 0 Å². The lowest BCUT2D eigenvalue weighted by Crippen LogP contribution is -2.59. The minimum absolute atomic E-state index is 0.0225. The third-order valence-corrected chi connectivity index (χ3v) is 14.0. The van der Waals surface area contributed by atoms with E-state index in [-0.39, 0.29) is 19.4 Å². The Balaban J connectivity index is 1.19. The Bertz CT molecular complexity index is 2250. The van der Waals surface area contributed by atoms with Crippen LogP contribution in [0.3, 0.4) is 0 Å². The number of ether oxygens (including phenoxy) is 3. The highest BCUT2D eigenvalue weighted by Crippen LogP contribution is 2.53. The summed E-state index contributed by atoms with van der Waals surface area (Å²) in [5.41, 5.74) is -0.306. The number of nitrogens with one attached hydrogen (secondary N) is 3. The van der Waals surface area contributed by atoms with Crippen LogP contribution in [0.5, 0.6) is 11.5 Å². The van der Waals surface area contributed by atoms with E-state index in [2.05, 4.69) is 21.9 Å². The lowest BCUT2D eigenvalue weighted by molar-refractivity contribution is -0.141. The quantitative estimate of drug-likeness (QED) is 0.162. The number of pyridine rings is 1. The Kier molecular flexibility index (Phi) is 11.2. The topological polar surface area (TPSA) is 182 Å². The van der Waals surface area contributed by atoms with Crippen molar-refractivity contribution in [2.75, 3.05) is 13.7 Å². The van der Waals surface area contributed by atoms with Gasteiger partial charge in [0.2, 0.25) is 21.8 Å². The molecule has 14 nitrogen and oxygen atoms in total. The van der Waals surface area contributed by atoms with Gasteiger partial charge in [0.05, 0.1) is 29.6 Å². The second-order valence-electron chi connectivity index (χ2n) is 17.9. The van der Waals surface area contributed by atoms with Crippen LogP contribution < -0.4 is 24.8 Å². The molecule has 1 aromatic heterocycles. The number of rotatable bonds is 15. The summed E-state index contributed by atoms with van der Waals surface area (Å²) in [7, 11) is -2.46. The molecule has 2 heterocycles. The summed E-state index contributed by atoms with van der Waals surface area (Å²) in [6.45, 7) is 12.5. The molecular weight excluding hydrogens is 775 g/mol. The zero-order valence-corrected chi connectivity index (χ0v) is 35.4. The van der Waals surface area contributed by atoms with Crippen molar-refractivity contribution < 1.29 is 41.8 Å². The van der Waals surface area contributed by atoms with E-state index in [1.54, 1.807) is 53.9 Å². The number of sulfonamides is 1. The van der Waals surface area contributed by atoms with Gasteiger partial charge in [-0.1, -0.05) is 63.1 Å². The molecule has 2 aromatic carbocycles. The smallest absolute Gasteiger partial charge is 0.408 e.